The molecule has 2 aromatic rings. The second kappa shape index (κ2) is 13.8. The van der Waals surface area contributed by atoms with Gasteiger partial charge in [0.25, 0.3) is 0 Å². The van der Waals surface area contributed by atoms with Crippen LogP contribution >= 0.6 is 11.6 Å². The van der Waals surface area contributed by atoms with Crippen molar-refractivity contribution in [1.82, 2.24) is 24.5 Å². The normalized spacial score (nSPS) is 22.5. The number of rotatable bonds is 10. The molecule has 5 rings (SSSR count). The SMILES string of the molecule is COc1cc2c(cc1Nc1ncc(Cl)c(N[C@@H]3CCCC[C@H]3NS(C)(=O)=O)n1)CCN(CCN1CCOCC1)CC2. The summed E-state index contributed by atoms with van der Waals surface area (Å²) in [6.45, 7) is 7.87. The van der Waals surface area contributed by atoms with Crippen LogP contribution in [-0.4, -0.2) is 106 Å². The number of hydrogen-bond donors (Lipinski definition) is 3. The van der Waals surface area contributed by atoms with Gasteiger partial charge in [-0.05, 0) is 48.9 Å². The molecule has 1 saturated heterocycles. The van der Waals surface area contributed by atoms with Gasteiger partial charge in [0.1, 0.15) is 10.8 Å². The molecule has 13 heteroatoms. The van der Waals surface area contributed by atoms with E-state index in [1.54, 1.807) is 13.3 Å². The Morgan fingerprint density at radius 3 is 2.37 bits per heavy atom. The molecule has 1 aromatic heterocycles. The highest BCUT2D eigenvalue weighted by molar-refractivity contribution is 7.88. The van der Waals surface area contributed by atoms with E-state index in [9.17, 15) is 8.42 Å². The largest absolute Gasteiger partial charge is 0.495 e. The van der Waals surface area contributed by atoms with Gasteiger partial charge in [-0.15, -0.1) is 0 Å². The smallest absolute Gasteiger partial charge is 0.229 e. The number of nitrogens with zero attached hydrogens (tertiary/aromatic N) is 4. The first-order valence-electron chi connectivity index (χ1n) is 14.5. The zero-order valence-electron chi connectivity index (χ0n) is 24.0. The Morgan fingerprint density at radius 1 is 1.02 bits per heavy atom. The van der Waals surface area contributed by atoms with Gasteiger partial charge in [-0.1, -0.05) is 24.4 Å². The van der Waals surface area contributed by atoms with E-state index < -0.39 is 10.0 Å². The average molecular weight is 608 g/mol. The number of anilines is 3. The van der Waals surface area contributed by atoms with Crippen molar-refractivity contribution in [3.63, 3.8) is 0 Å². The second-order valence-electron chi connectivity index (χ2n) is 11.2. The first-order valence-corrected chi connectivity index (χ1v) is 16.8. The minimum atomic E-state index is -3.33. The van der Waals surface area contributed by atoms with Crippen LogP contribution in [0.15, 0.2) is 18.3 Å². The lowest BCUT2D eigenvalue weighted by Gasteiger charge is -2.32. The summed E-state index contributed by atoms with van der Waals surface area (Å²) in [6.07, 6.45) is 8.24. The van der Waals surface area contributed by atoms with Crippen LogP contribution in [0.25, 0.3) is 0 Å². The van der Waals surface area contributed by atoms with E-state index in [1.165, 1.54) is 17.4 Å². The molecule has 0 amide bonds. The Kier molecular flexibility index (Phi) is 10.2. The van der Waals surface area contributed by atoms with E-state index in [4.69, 9.17) is 21.1 Å². The third-order valence-electron chi connectivity index (χ3n) is 8.20. The molecular weight excluding hydrogens is 566 g/mol. The van der Waals surface area contributed by atoms with Crippen molar-refractivity contribution >= 4 is 39.1 Å². The lowest BCUT2D eigenvalue weighted by molar-refractivity contribution is 0.0335. The number of ether oxygens (including phenoxy) is 2. The summed E-state index contributed by atoms with van der Waals surface area (Å²) in [5.74, 6) is 1.60. The zero-order valence-corrected chi connectivity index (χ0v) is 25.6. The molecule has 226 valence electrons. The van der Waals surface area contributed by atoms with E-state index in [1.807, 2.05) is 0 Å². The molecule has 3 heterocycles. The van der Waals surface area contributed by atoms with E-state index in [2.05, 4.69) is 47.3 Å². The van der Waals surface area contributed by atoms with Crippen LogP contribution in [0, 0.1) is 0 Å². The van der Waals surface area contributed by atoms with Gasteiger partial charge in [-0.25, -0.2) is 18.1 Å². The Morgan fingerprint density at radius 2 is 1.68 bits per heavy atom. The molecule has 3 aliphatic rings. The number of morpholine rings is 1. The van der Waals surface area contributed by atoms with Crippen LogP contribution in [0.3, 0.4) is 0 Å². The number of nitrogens with one attached hydrogen (secondary N) is 3. The van der Waals surface area contributed by atoms with Gasteiger partial charge in [0.05, 0.1) is 38.5 Å². The molecule has 0 radical (unpaired) electrons. The lowest BCUT2D eigenvalue weighted by Crippen LogP contribution is -2.48. The predicted molar refractivity (Wildman–Crippen MR) is 162 cm³/mol. The molecule has 11 nitrogen and oxygen atoms in total. The van der Waals surface area contributed by atoms with Crippen molar-refractivity contribution in [3.05, 3.63) is 34.5 Å². The van der Waals surface area contributed by atoms with Crippen LogP contribution in [-0.2, 0) is 27.6 Å². The number of aromatic nitrogens is 2. The minimum Gasteiger partial charge on any atom is -0.495 e. The summed E-state index contributed by atoms with van der Waals surface area (Å²) in [6, 6.07) is 3.94. The number of hydrogen-bond acceptors (Lipinski definition) is 10. The van der Waals surface area contributed by atoms with E-state index in [0.29, 0.717) is 16.8 Å². The molecule has 41 heavy (non-hydrogen) atoms. The molecule has 1 aliphatic carbocycles. The molecule has 2 atom stereocenters. The molecule has 0 unspecified atom stereocenters. The van der Waals surface area contributed by atoms with E-state index in [-0.39, 0.29) is 12.1 Å². The van der Waals surface area contributed by atoms with E-state index in [0.717, 1.165) is 102 Å². The number of halogens is 1. The highest BCUT2D eigenvalue weighted by Crippen LogP contribution is 2.33. The van der Waals surface area contributed by atoms with Crippen molar-refractivity contribution in [2.24, 2.45) is 0 Å². The molecule has 2 aliphatic heterocycles. The minimum absolute atomic E-state index is 0.119. The van der Waals surface area contributed by atoms with Gasteiger partial charge in [0.2, 0.25) is 16.0 Å². The lowest BCUT2D eigenvalue weighted by atomic mass is 9.91. The van der Waals surface area contributed by atoms with Crippen molar-refractivity contribution < 1.29 is 17.9 Å². The van der Waals surface area contributed by atoms with Crippen molar-refractivity contribution in [3.8, 4) is 5.75 Å². The van der Waals surface area contributed by atoms with Crippen LogP contribution < -0.4 is 20.1 Å². The Balaban J connectivity index is 1.26. The van der Waals surface area contributed by atoms with Gasteiger partial charge in [-0.2, -0.15) is 4.98 Å². The van der Waals surface area contributed by atoms with Gasteiger partial charge in [0, 0.05) is 51.4 Å². The fraction of sp³-hybridized carbons (Fsp3) is 0.643. The zero-order chi connectivity index (χ0) is 28.8. The highest BCUT2D eigenvalue weighted by atomic mass is 35.5. The fourth-order valence-corrected chi connectivity index (χ4v) is 6.92. The van der Waals surface area contributed by atoms with Crippen LogP contribution in [0.5, 0.6) is 5.75 Å². The summed E-state index contributed by atoms with van der Waals surface area (Å²) in [5.41, 5.74) is 3.41. The topological polar surface area (TPSA) is 121 Å². The number of fused-ring (bicyclic) bond motifs is 1. The van der Waals surface area contributed by atoms with Crippen LogP contribution in [0.1, 0.15) is 36.8 Å². The average Bonchev–Trinajstić information content (AvgIpc) is 3.15. The molecule has 0 spiro atoms. The monoisotopic (exact) mass is 607 g/mol. The maximum Gasteiger partial charge on any atom is 0.229 e. The quantitative estimate of drug-likeness (QED) is 0.372. The third-order valence-corrected chi connectivity index (χ3v) is 9.20. The fourth-order valence-electron chi connectivity index (χ4n) is 5.94. The maximum atomic E-state index is 11.9. The predicted octanol–water partition coefficient (Wildman–Crippen LogP) is 2.89. The van der Waals surface area contributed by atoms with Gasteiger partial charge >= 0.3 is 0 Å². The number of methoxy groups -OCH3 is 1. The first kappa shape index (κ1) is 30.2. The van der Waals surface area contributed by atoms with Crippen LogP contribution in [0.4, 0.5) is 17.5 Å². The highest BCUT2D eigenvalue weighted by Gasteiger charge is 2.28. The second-order valence-corrected chi connectivity index (χ2v) is 13.4. The standard InChI is InChI=1S/C28H42ClN7O4S/c1-39-26-18-21-8-10-35(11-12-36-13-15-40-16-14-36)9-7-20(21)17-25(26)32-28-30-19-22(29)27(33-28)31-23-5-3-4-6-24(23)34-41(2,37)38/h17-19,23-24,34H,3-16H2,1-2H3,(H2,30,31,32,33)/t23-,24-/m1/s1. The molecule has 1 aromatic carbocycles. The Hall–Kier alpha value is -2.22. The van der Waals surface area contributed by atoms with Crippen molar-refractivity contribution in [1.29, 1.82) is 0 Å². The summed E-state index contributed by atoms with van der Waals surface area (Å²) < 4.78 is 37.8. The number of sulfonamides is 1. The molecule has 0 bridgehead atoms. The van der Waals surface area contributed by atoms with Gasteiger partial charge in [0.15, 0.2) is 5.82 Å². The maximum absolute atomic E-state index is 11.9. The van der Waals surface area contributed by atoms with E-state index >= 15 is 0 Å². The molecule has 2 fully saturated rings. The summed E-state index contributed by atoms with van der Waals surface area (Å²) >= 11 is 6.47. The van der Waals surface area contributed by atoms with Crippen molar-refractivity contribution in [2.45, 2.75) is 50.6 Å². The van der Waals surface area contributed by atoms with Gasteiger partial charge < -0.3 is 25.0 Å². The third kappa shape index (κ3) is 8.42. The first-order chi connectivity index (χ1) is 19.8. The number of benzene rings is 1. The summed E-state index contributed by atoms with van der Waals surface area (Å²) in [4.78, 5) is 14.1. The van der Waals surface area contributed by atoms with Crippen molar-refractivity contribution in [2.75, 3.05) is 76.5 Å². The molecule has 1 saturated carbocycles. The summed E-state index contributed by atoms with van der Waals surface area (Å²) in [7, 11) is -1.66. The Labute approximate surface area is 248 Å². The summed E-state index contributed by atoms with van der Waals surface area (Å²) in [5, 5.41) is 7.10. The molecular formula is C28H42ClN7O4S. The van der Waals surface area contributed by atoms with Gasteiger partial charge in [-0.3, -0.25) is 4.90 Å². The van der Waals surface area contributed by atoms with Crippen LogP contribution in [0.2, 0.25) is 5.02 Å². The Bertz CT molecular complexity index is 1290. The molecule has 3 N–H and O–H groups in total.